The molecule has 1 atom stereocenters. The summed E-state index contributed by atoms with van der Waals surface area (Å²) in [6, 6.07) is 14.7. The Morgan fingerprint density at radius 1 is 1.10 bits per heavy atom. The number of carbonyl (C=O) groups excluding carboxylic acids is 2. The van der Waals surface area contributed by atoms with Gasteiger partial charge in [0.05, 0.1) is 28.4 Å². The lowest BCUT2D eigenvalue weighted by Crippen LogP contribution is -2.29. The standard InChI is InChI=1S/C31H27ClN2O5S/c1-5-13-39-22-12-9-20(16-23(22)38-6-2)27-25(28(35)19-7-10-21(32)11-8-19)29(36)30(37)34(27)31-33-26-18(4)14-17(3)15-24(26)40-31/h5,7-12,14-16,27,35H,1,6,13H2,2-4H3/b28-25+. The van der Waals surface area contributed by atoms with Crippen molar-refractivity contribution in [3.63, 3.8) is 0 Å². The lowest BCUT2D eigenvalue weighted by atomic mass is 9.95. The number of hydrogen-bond acceptors (Lipinski definition) is 7. The average molecular weight is 575 g/mol. The van der Waals surface area contributed by atoms with E-state index in [1.165, 1.54) is 16.2 Å². The fraction of sp³-hybridized carbons (Fsp3) is 0.194. The fourth-order valence-corrected chi connectivity index (χ4v) is 6.10. The van der Waals surface area contributed by atoms with E-state index >= 15 is 0 Å². The number of nitrogens with zero attached hydrogens (tertiary/aromatic N) is 2. The summed E-state index contributed by atoms with van der Waals surface area (Å²) < 4.78 is 12.5. The molecule has 9 heteroatoms. The number of aromatic nitrogens is 1. The quantitative estimate of drug-likeness (QED) is 0.104. The third-order valence-electron chi connectivity index (χ3n) is 6.53. The minimum atomic E-state index is -0.967. The predicted octanol–water partition coefficient (Wildman–Crippen LogP) is 7.16. The Hall–Kier alpha value is -4.14. The van der Waals surface area contributed by atoms with Gasteiger partial charge in [0.1, 0.15) is 12.4 Å². The van der Waals surface area contributed by atoms with Crippen molar-refractivity contribution in [1.29, 1.82) is 0 Å². The Kier molecular flexibility index (Phi) is 7.65. The van der Waals surface area contributed by atoms with Crippen molar-refractivity contribution in [2.45, 2.75) is 26.8 Å². The summed E-state index contributed by atoms with van der Waals surface area (Å²) in [5.74, 6) is -0.963. The highest BCUT2D eigenvalue weighted by atomic mass is 35.5. The third kappa shape index (κ3) is 4.96. The number of ether oxygens (including phenoxy) is 2. The molecule has 0 radical (unpaired) electrons. The van der Waals surface area contributed by atoms with Crippen molar-refractivity contribution in [1.82, 2.24) is 4.98 Å². The Bertz CT molecular complexity index is 1680. The van der Waals surface area contributed by atoms with Crippen LogP contribution in [0.25, 0.3) is 16.0 Å². The van der Waals surface area contributed by atoms with Crippen LogP contribution >= 0.6 is 22.9 Å². The molecule has 0 aliphatic carbocycles. The Morgan fingerprint density at radius 2 is 1.85 bits per heavy atom. The molecule has 2 heterocycles. The molecule has 1 unspecified atom stereocenters. The number of Topliss-reactive ketones (excluding diaryl/α,β-unsaturated/α-hetero) is 1. The van der Waals surface area contributed by atoms with Gasteiger partial charge in [-0.3, -0.25) is 14.5 Å². The number of anilines is 1. The van der Waals surface area contributed by atoms with Crippen LogP contribution in [-0.4, -0.2) is 35.0 Å². The number of thiazole rings is 1. The van der Waals surface area contributed by atoms with Gasteiger partial charge < -0.3 is 14.6 Å². The van der Waals surface area contributed by atoms with Gasteiger partial charge in [-0.15, -0.1) is 0 Å². The number of aliphatic hydroxyl groups excluding tert-OH is 1. The first-order valence-corrected chi connectivity index (χ1v) is 13.9. The van der Waals surface area contributed by atoms with Gasteiger partial charge in [0, 0.05) is 10.6 Å². The van der Waals surface area contributed by atoms with E-state index < -0.39 is 17.7 Å². The van der Waals surface area contributed by atoms with Crippen molar-refractivity contribution in [3.8, 4) is 11.5 Å². The zero-order valence-corrected chi connectivity index (χ0v) is 23.8. The van der Waals surface area contributed by atoms with Crippen molar-refractivity contribution in [3.05, 3.63) is 100 Å². The van der Waals surface area contributed by atoms with Crippen molar-refractivity contribution in [2.24, 2.45) is 0 Å². The minimum Gasteiger partial charge on any atom is -0.507 e. The molecule has 204 valence electrons. The largest absolute Gasteiger partial charge is 0.507 e. The van der Waals surface area contributed by atoms with Crippen LogP contribution in [0.2, 0.25) is 5.02 Å². The highest BCUT2D eigenvalue weighted by Gasteiger charge is 2.48. The number of amides is 1. The van der Waals surface area contributed by atoms with Crippen LogP contribution in [-0.2, 0) is 9.59 Å². The van der Waals surface area contributed by atoms with Crippen LogP contribution in [0.5, 0.6) is 11.5 Å². The van der Waals surface area contributed by atoms with Gasteiger partial charge in [0.2, 0.25) is 0 Å². The molecule has 1 aliphatic rings. The van der Waals surface area contributed by atoms with E-state index in [-0.39, 0.29) is 17.9 Å². The van der Waals surface area contributed by atoms with Crippen LogP contribution in [0.15, 0.2) is 72.8 Å². The maximum atomic E-state index is 13.6. The Morgan fingerprint density at radius 3 is 2.55 bits per heavy atom. The molecule has 1 fully saturated rings. The van der Waals surface area contributed by atoms with E-state index in [0.717, 1.165) is 21.3 Å². The molecule has 1 aromatic heterocycles. The van der Waals surface area contributed by atoms with Crippen LogP contribution in [0.1, 0.15) is 35.2 Å². The number of benzene rings is 3. The van der Waals surface area contributed by atoms with Crippen LogP contribution in [0.4, 0.5) is 5.13 Å². The second kappa shape index (κ2) is 11.2. The molecule has 40 heavy (non-hydrogen) atoms. The van der Waals surface area contributed by atoms with Gasteiger partial charge in [-0.05, 0) is 79.9 Å². The Balaban J connectivity index is 1.73. The lowest BCUT2D eigenvalue weighted by Gasteiger charge is -2.24. The molecular formula is C31H27ClN2O5S. The molecule has 5 rings (SSSR count). The first-order chi connectivity index (χ1) is 19.2. The van der Waals surface area contributed by atoms with Gasteiger partial charge in [0.15, 0.2) is 16.6 Å². The molecule has 1 N–H and O–H groups in total. The summed E-state index contributed by atoms with van der Waals surface area (Å²) in [5.41, 5.74) is 3.65. The second-order valence-corrected chi connectivity index (χ2v) is 10.8. The maximum Gasteiger partial charge on any atom is 0.301 e. The van der Waals surface area contributed by atoms with Crippen LogP contribution < -0.4 is 14.4 Å². The molecule has 1 amide bonds. The number of carbonyl (C=O) groups is 2. The molecule has 1 saturated heterocycles. The maximum absolute atomic E-state index is 13.6. The number of halogens is 1. The predicted molar refractivity (Wildman–Crippen MR) is 159 cm³/mol. The van der Waals surface area contributed by atoms with E-state index in [1.807, 2.05) is 32.9 Å². The van der Waals surface area contributed by atoms with Gasteiger partial charge in [-0.25, -0.2) is 4.98 Å². The fourth-order valence-electron chi connectivity index (χ4n) is 4.80. The van der Waals surface area contributed by atoms with Crippen molar-refractivity contribution in [2.75, 3.05) is 18.1 Å². The van der Waals surface area contributed by atoms with E-state index in [2.05, 4.69) is 6.58 Å². The molecule has 7 nitrogen and oxygen atoms in total. The molecule has 1 aliphatic heterocycles. The number of aliphatic hydroxyl groups is 1. The van der Waals surface area contributed by atoms with E-state index in [0.29, 0.717) is 39.4 Å². The van der Waals surface area contributed by atoms with Crippen molar-refractivity contribution < 1.29 is 24.2 Å². The summed E-state index contributed by atoms with van der Waals surface area (Å²) in [7, 11) is 0. The molecule has 0 bridgehead atoms. The Labute approximate surface area is 240 Å². The van der Waals surface area contributed by atoms with Crippen LogP contribution in [0, 0.1) is 13.8 Å². The van der Waals surface area contributed by atoms with E-state index in [1.54, 1.807) is 48.5 Å². The minimum absolute atomic E-state index is 0.0540. The molecule has 0 saturated carbocycles. The van der Waals surface area contributed by atoms with E-state index in [4.69, 9.17) is 26.1 Å². The SMILES string of the molecule is C=CCOc1ccc(C2/C(=C(\O)c3ccc(Cl)cc3)C(=O)C(=O)N2c2nc3c(C)cc(C)cc3s2)cc1OCC. The van der Waals surface area contributed by atoms with Crippen molar-refractivity contribution >= 4 is 55.7 Å². The van der Waals surface area contributed by atoms with Gasteiger partial charge in [0.25, 0.3) is 5.78 Å². The topological polar surface area (TPSA) is 89.0 Å². The lowest BCUT2D eigenvalue weighted by molar-refractivity contribution is -0.132. The zero-order chi connectivity index (χ0) is 28.6. The summed E-state index contributed by atoms with van der Waals surface area (Å²) >= 11 is 7.37. The monoisotopic (exact) mass is 574 g/mol. The zero-order valence-electron chi connectivity index (χ0n) is 22.2. The van der Waals surface area contributed by atoms with Crippen LogP contribution in [0.3, 0.4) is 0 Å². The highest BCUT2D eigenvalue weighted by molar-refractivity contribution is 7.22. The number of fused-ring (bicyclic) bond motifs is 1. The number of aryl methyl sites for hydroxylation is 2. The molecule has 0 spiro atoms. The average Bonchev–Trinajstić information content (AvgIpc) is 3.46. The number of ketones is 1. The summed E-state index contributed by atoms with van der Waals surface area (Å²) in [5, 5.41) is 12.2. The summed E-state index contributed by atoms with van der Waals surface area (Å²) in [4.78, 5) is 33.4. The smallest absolute Gasteiger partial charge is 0.301 e. The molecular weight excluding hydrogens is 548 g/mol. The third-order valence-corrected chi connectivity index (χ3v) is 7.78. The van der Waals surface area contributed by atoms with Gasteiger partial charge in [-0.1, -0.05) is 47.7 Å². The summed E-state index contributed by atoms with van der Waals surface area (Å²) in [6.45, 7) is 10.1. The highest BCUT2D eigenvalue weighted by Crippen LogP contribution is 2.46. The van der Waals surface area contributed by atoms with Gasteiger partial charge in [-0.2, -0.15) is 0 Å². The number of rotatable bonds is 8. The first kappa shape index (κ1) is 27.4. The summed E-state index contributed by atoms with van der Waals surface area (Å²) in [6.07, 6.45) is 1.63. The second-order valence-electron chi connectivity index (χ2n) is 9.34. The number of hydrogen-bond donors (Lipinski definition) is 1. The molecule has 3 aromatic carbocycles. The van der Waals surface area contributed by atoms with E-state index in [9.17, 15) is 14.7 Å². The molecule has 4 aromatic rings. The van der Waals surface area contributed by atoms with Gasteiger partial charge >= 0.3 is 5.91 Å². The normalized spacial score (nSPS) is 16.5. The first-order valence-electron chi connectivity index (χ1n) is 12.7.